The molecule has 0 aliphatic carbocycles. The first-order valence-electron chi connectivity index (χ1n) is 9.07. The van der Waals surface area contributed by atoms with E-state index in [4.69, 9.17) is 0 Å². The fourth-order valence-electron chi connectivity index (χ4n) is 2.77. The van der Waals surface area contributed by atoms with E-state index in [2.05, 4.69) is 30.9 Å². The Bertz CT molecular complexity index is 1110. The highest BCUT2D eigenvalue weighted by molar-refractivity contribution is 5.94. The lowest BCUT2D eigenvalue weighted by Gasteiger charge is -2.07. The first-order chi connectivity index (χ1) is 14.2. The highest BCUT2D eigenvalue weighted by Gasteiger charge is 2.10. The van der Waals surface area contributed by atoms with Gasteiger partial charge in [0.1, 0.15) is 11.6 Å². The van der Waals surface area contributed by atoms with Gasteiger partial charge in [-0.3, -0.25) is 9.78 Å². The SMILES string of the molecule is O=C(NCCc1nnc2ccc(NCc3ccncc3)nn12)c1ccc(F)cc1. The number of hydrogen-bond donors (Lipinski definition) is 2. The topological polar surface area (TPSA) is 97.1 Å². The minimum atomic E-state index is -0.379. The number of anilines is 1. The minimum absolute atomic E-state index is 0.272. The molecular weight excluding hydrogens is 373 g/mol. The van der Waals surface area contributed by atoms with Crippen LogP contribution in [0.4, 0.5) is 10.2 Å². The maximum Gasteiger partial charge on any atom is 0.251 e. The quantitative estimate of drug-likeness (QED) is 0.502. The first kappa shape index (κ1) is 18.5. The molecular formula is C20H18FN7O. The Labute approximate surface area is 165 Å². The van der Waals surface area contributed by atoms with Crippen LogP contribution >= 0.6 is 0 Å². The number of nitrogens with zero attached hydrogens (tertiary/aromatic N) is 5. The molecule has 0 fully saturated rings. The molecule has 1 amide bonds. The molecule has 8 nitrogen and oxygen atoms in total. The zero-order chi connectivity index (χ0) is 20.1. The molecule has 0 atom stereocenters. The summed E-state index contributed by atoms with van der Waals surface area (Å²) in [6, 6.07) is 12.9. The van der Waals surface area contributed by atoms with Crippen LogP contribution in [0.15, 0.2) is 60.9 Å². The second-order valence-corrected chi connectivity index (χ2v) is 6.33. The lowest BCUT2D eigenvalue weighted by molar-refractivity contribution is 0.0954. The van der Waals surface area contributed by atoms with Gasteiger partial charge in [-0.05, 0) is 54.1 Å². The van der Waals surface area contributed by atoms with Crippen molar-refractivity contribution in [2.24, 2.45) is 0 Å². The highest BCUT2D eigenvalue weighted by Crippen LogP contribution is 2.09. The van der Waals surface area contributed by atoms with Crippen molar-refractivity contribution in [2.75, 3.05) is 11.9 Å². The molecule has 1 aromatic carbocycles. The fraction of sp³-hybridized carbons (Fsp3) is 0.150. The molecule has 0 unspecified atom stereocenters. The van der Waals surface area contributed by atoms with Gasteiger partial charge in [-0.15, -0.1) is 15.3 Å². The van der Waals surface area contributed by atoms with Gasteiger partial charge in [0.05, 0.1) is 0 Å². The summed E-state index contributed by atoms with van der Waals surface area (Å²) in [5, 5.41) is 18.8. The molecule has 0 bridgehead atoms. The number of benzene rings is 1. The van der Waals surface area contributed by atoms with Crippen LogP contribution in [0.25, 0.3) is 5.65 Å². The maximum absolute atomic E-state index is 13.0. The Morgan fingerprint density at radius 1 is 1.00 bits per heavy atom. The molecule has 0 spiro atoms. The van der Waals surface area contributed by atoms with Crippen LogP contribution in [-0.2, 0) is 13.0 Å². The van der Waals surface area contributed by atoms with Crippen molar-refractivity contribution >= 4 is 17.4 Å². The summed E-state index contributed by atoms with van der Waals surface area (Å²) in [4.78, 5) is 16.1. The van der Waals surface area contributed by atoms with E-state index in [-0.39, 0.29) is 11.7 Å². The van der Waals surface area contributed by atoms with Gasteiger partial charge in [0.15, 0.2) is 11.5 Å². The number of halogens is 1. The summed E-state index contributed by atoms with van der Waals surface area (Å²) < 4.78 is 14.6. The molecule has 146 valence electrons. The van der Waals surface area contributed by atoms with Crippen LogP contribution in [0.5, 0.6) is 0 Å². The molecule has 0 radical (unpaired) electrons. The van der Waals surface area contributed by atoms with Gasteiger partial charge in [-0.25, -0.2) is 4.39 Å². The fourth-order valence-corrected chi connectivity index (χ4v) is 2.77. The molecule has 0 saturated carbocycles. The van der Waals surface area contributed by atoms with Gasteiger partial charge in [0.2, 0.25) is 0 Å². The summed E-state index contributed by atoms with van der Waals surface area (Å²) in [7, 11) is 0. The average Bonchev–Trinajstić information content (AvgIpc) is 3.16. The van der Waals surface area contributed by atoms with Gasteiger partial charge in [-0.2, -0.15) is 4.52 Å². The van der Waals surface area contributed by atoms with Crippen molar-refractivity contribution in [3.05, 3.63) is 83.7 Å². The number of carbonyl (C=O) groups excluding carboxylic acids is 1. The van der Waals surface area contributed by atoms with Crippen LogP contribution in [0.3, 0.4) is 0 Å². The summed E-state index contributed by atoms with van der Waals surface area (Å²) in [6.45, 7) is 0.972. The third kappa shape index (κ3) is 4.52. The number of fused-ring (bicyclic) bond motifs is 1. The zero-order valence-corrected chi connectivity index (χ0v) is 15.4. The number of nitrogens with one attached hydrogen (secondary N) is 2. The van der Waals surface area contributed by atoms with Gasteiger partial charge < -0.3 is 10.6 Å². The van der Waals surface area contributed by atoms with Crippen LogP contribution in [0, 0.1) is 5.82 Å². The Morgan fingerprint density at radius 2 is 1.79 bits per heavy atom. The number of amides is 1. The summed E-state index contributed by atoms with van der Waals surface area (Å²) in [5.41, 5.74) is 2.12. The zero-order valence-electron chi connectivity index (χ0n) is 15.4. The van der Waals surface area contributed by atoms with E-state index >= 15 is 0 Å². The molecule has 9 heteroatoms. The largest absolute Gasteiger partial charge is 0.365 e. The molecule has 3 aromatic heterocycles. The van der Waals surface area contributed by atoms with Crippen LogP contribution < -0.4 is 10.6 Å². The van der Waals surface area contributed by atoms with Crippen molar-refractivity contribution in [1.29, 1.82) is 0 Å². The lowest BCUT2D eigenvalue weighted by Crippen LogP contribution is -2.26. The van der Waals surface area contributed by atoms with Gasteiger partial charge in [0.25, 0.3) is 5.91 Å². The van der Waals surface area contributed by atoms with Crippen LogP contribution in [0.1, 0.15) is 21.7 Å². The Morgan fingerprint density at radius 3 is 2.59 bits per heavy atom. The van der Waals surface area contributed by atoms with E-state index in [1.165, 1.54) is 24.3 Å². The van der Waals surface area contributed by atoms with E-state index in [1.807, 2.05) is 24.3 Å². The predicted octanol–water partition coefficient (Wildman–Crippen LogP) is 2.24. The van der Waals surface area contributed by atoms with Crippen molar-refractivity contribution in [2.45, 2.75) is 13.0 Å². The van der Waals surface area contributed by atoms with E-state index in [9.17, 15) is 9.18 Å². The van der Waals surface area contributed by atoms with Gasteiger partial charge in [0, 0.05) is 37.5 Å². The molecule has 2 N–H and O–H groups in total. The Balaban J connectivity index is 1.38. The summed E-state index contributed by atoms with van der Waals surface area (Å²) >= 11 is 0. The van der Waals surface area contributed by atoms with E-state index in [0.29, 0.717) is 42.4 Å². The van der Waals surface area contributed by atoms with Crippen molar-refractivity contribution in [1.82, 2.24) is 30.1 Å². The predicted molar refractivity (Wildman–Crippen MR) is 105 cm³/mol. The second-order valence-electron chi connectivity index (χ2n) is 6.33. The number of pyridine rings is 1. The van der Waals surface area contributed by atoms with Gasteiger partial charge >= 0.3 is 0 Å². The van der Waals surface area contributed by atoms with E-state index in [0.717, 1.165) is 5.56 Å². The molecule has 4 rings (SSSR count). The standard InChI is InChI=1S/C20H18FN7O/c21-16-3-1-15(2-4-16)20(29)23-12-9-19-26-25-18-6-5-17(27-28(18)19)24-13-14-7-10-22-11-8-14/h1-8,10-11H,9,12-13H2,(H,23,29)(H,24,27). The smallest absolute Gasteiger partial charge is 0.251 e. The molecule has 29 heavy (non-hydrogen) atoms. The average molecular weight is 391 g/mol. The minimum Gasteiger partial charge on any atom is -0.365 e. The van der Waals surface area contributed by atoms with Crippen LogP contribution in [0.2, 0.25) is 0 Å². The maximum atomic E-state index is 13.0. The first-order valence-corrected chi connectivity index (χ1v) is 9.07. The van der Waals surface area contributed by atoms with Crippen molar-refractivity contribution < 1.29 is 9.18 Å². The Kier molecular flexibility index (Phi) is 5.37. The number of carbonyl (C=O) groups is 1. The molecule has 0 saturated heterocycles. The number of rotatable bonds is 7. The third-order valence-electron chi connectivity index (χ3n) is 4.29. The Hall–Kier alpha value is -3.88. The van der Waals surface area contributed by atoms with E-state index in [1.54, 1.807) is 16.9 Å². The normalized spacial score (nSPS) is 10.8. The number of aromatic nitrogens is 5. The lowest BCUT2D eigenvalue weighted by atomic mass is 10.2. The van der Waals surface area contributed by atoms with Crippen LogP contribution in [-0.4, -0.2) is 37.2 Å². The van der Waals surface area contributed by atoms with E-state index < -0.39 is 0 Å². The summed E-state index contributed by atoms with van der Waals surface area (Å²) in [5.74, 6) is 0.667. The highest BCUT2D eigenvalue weighted by atomic mass is 19.1. The third-order valence-corrected chi connectivity index (χ3v) is 4.29. The molecule has 4 aromatic rings. The second kappa shape index (κ2) is 8.42. The van der Waals surface area contributed by atoms with Crippen molar-refractivity contribution in [3.8, 4) is 0 Å². The number of hydrogen-bond acceptors (Lipinski definition) is 6. The summed E-state index contributed by atoms with van der Waals surface area (Å²) in [6.07, 6.45) is 3.94. The van der Waals surface area contributed by atoms with Crippen molar-refractivity contribution in [3.63, 3.8) is 0 Å². The van der Waals surface area contributed by atoms with Gasteiger partial charge in [-0.1, -0.05) is 0 Å². The molecule has 0 aliphatic heterocycles. The monoisotopic (exact) mass is 391 g/mol. The molecule has 0 aliphatic rings. The molecule has 3 heterocycles.